The van der Waals surface area contributed by atoms with Crippen LogP contribution in [-0.2, 0) is 19.0 Å². The van der Waals surface area contributed by atoms with Gasteiger partial charge >= 0.3 is 11.9 Å². The number of allylic oxidation sites excluding steroid dienone is 1. The molecule has 0 fully saturated rings. The minimum absolute atomic E-state index is 0.0927. The molecule has 0 amide bonds. The molecular weight excluding hydrogens is 424 g/mol. The SMILES string of the molecule is CCOC(=O)C1=C(c2ccc(C(=O)OCC)cc2)OC(N)=C(C#N)C1c1ccc(OC)cc1. The number of esters is 2. The van der Waals surface area contributed by atoms with Crippen molar-refractivity contribution in [3.63, 3.8) is 0 Å². The van der Waals surface area contributed by atoms with E-state index >= 15 is 0 Å². The third-order valence-electron chi connectivity index (χ3n) is 5.02. The number of hydrogen-bond donors (Lipinski definition) is 1. The van der Waals surface area contributed by atoms with E-state index in [4.69, 9.17) is 24.7 Å². The highest BCUT2D eigenvalue weighted by Crippen LogP contribution is 2.43. The van der Waals surface area contributed by atoms with Gasteiger partial charge in [-0.15, -0.1) is 0 Å². The largest absolute Gasteiger partial charge is 0.497 e. The topological polar surface area (TPSA) is 121 Å². The average Bonchev–Trinajstić information content (AvgIpc) is 2.83. The number of methoxy groups -OCH3 is 1. The first-order chi connectivity index (χ1) is 15.9. The molecule has 8 heteroatoms. The Balaban J connectivity index is 2.18. The van der Waals surface area contributed by atoms with Crippen LogP contribution < -0.4 is 10.5 Å². The zero-order chi connectivity index (χ0) is 24.0. The molecule has 3 rings (SSSR count). The lowest BCUT2D eigenvalue weighted by Crippen LogP contribution is -2.26. The quantitative estimate of drug-likeness (QED) is 0.637. The van der Waals surface area contributed by atoms with Crippen molar-refractivity contribution in [1.82, 2.24) is 0 Å². The zero-order valence-electron chi connectivity index (χ0n) is 18.6. The van der Waals surface area contributed by atoms with Crippen molar-refractivity contribution in [2.75, 3.05) is 20.3 Å². The molecule has 0 radical (unpaired) electrons. The fraction of sp³-hybridized carbons (Fsp3) is 0.240. The van der Waals surface area contributed by atoms with Crippen molar-refractivity contribution in [3.8, 4) is 11.8 Å². The molecule has 0 saturated heterocycles. The molecule has 1 heterocycles. The van der Waals surface area contributed by atoms with E-state index in [0.29, 0.717) is 22.4 Å². The van der Waals surface area contributed by atoms with Gasteiger partial charge in [-0.2, -0.15) is 5.26 Å². The number of carbonyl (C=O) groups is 2. The van der Waals surface area contributed by atoms with Gasteiger partial charge in [0.2, 0.25) is 5.88 Å². The fourth-order valence-corrected chi connectivity index (χ4v) is 3.49. The summed E-state index contributed by atoms with van der Waals surface area (Å²) in [7, 11) is 1.55. The van der Waals surface area contributed by atoms with Crippen LogP contribution in [0.15, 0.2) is 65.6 Å². The number of nitrogens with zero attached hydrogens (tertiary/aromatic N) is 1. The van der Waals surface area contributed by atoms with E-state index < -0.39 is 17.9 Å². The summed E-state index contributed by atoms with van der Waals surface area (Å²) in [5.74, 6) is -1.25. The lowest BCUT2D eigenvalue weighted by Gasteiger charge is -2.28. The highest BCUT2D eigenvalue weighted by molar-refractivity contribution is 6.00. The van der Waals surface area contributed by atoms with E-state index in [1.54, 1.807) is 69.5 Å². The van der Waals surface area contributed by atoms with Gasteiger partial charge in [0.05, 0.1) is 37.4 Å². The molecule has 1 atom stereocenters. The number of nitriles is 1. The molecule has 0 spiro atoms. The summed E-state index contributed by atoms with van der Waals surface area (Å²) in [4.78, 5) is 25.1. The van der Waals surface area contributed by atoms with Crippen LogP contribution in [-0.4, -0.2) is 32.3 Å². The van der Waals surface area contributed by atoms with Crippen molar-refractivity contribution >= 4 is 17.7 Å². The molecule has 2 aromatic rings. The first kappa shape index (κ1) is 23.4. The van der Waals surface area contributed by atoms with Crippen LogP contribution in [0.3, 0.4) is 0 Å². The molecular formula is C25H24N2O6. The van der Waals surface area contributed by atoms with Gasteiger partial charge in [0, 0.05) is 5.56 Å². The molecule has 8 nitrogen and oxygen atoms in total. The standard InChI is InChI=1S/C25H24N2O6/c1-4-31-24(28)17-8-6-16(7-9-17)22-21(25(29)32-5-2)20(19(14-26)23(27)33-22)15-10-12-18(30-3)13-11-15/h6-13,20H,4-5,27H2,1-3H3. The van der Waals surface area contributed by atoms with Gasteiger partial charge in [-0.25, -0.2) is 9.59 Å². The second-order valence-corrected chi connectivity index (χ2v) is 6.96. The Morgan fingerprint density at radius 2 is 1.61 bits per heavy atom. The second kappa shape index (κ2) is 10.4. The third kappa shape index (κ3) is 4.83. The lowest BCUT2D eigenvalue weighted by molar-refractivity contribution is -0.138. The molecule has 0 bridgehead atoms. The van der Waals surface area contributed by atoms with Gasteiger partial charge in [-0.05, 0) is 43.7 Å². The predicted molar refractivity (Wildman–Crippen MR) is 120 cm³/mol. The first-order valence-corrected chi connectivity index (χ1v) is 10.3. The van der Waals surface area contributed by atoms with E-state index in [0.717, 1.165) is 0 Å². The average molecular weight is 448 g/mol. The summed E-state index contributed by atoms with van der Waals surface area (Å²) < 4.78 is 21.3. The Kier molecular flexibility index (Phi) is 7.36. The smallest absolute Gasteiger partial charge is 0.338 e. The normalized spacial score (nSPS) is 15.4. The summed E-state index contributed by atoms with van der Waals surface area (Å²) in [6.07, 6.45) is 0. The zero-order valence-corrected chi connectivity index (χ0v) is 18.6. The molecule has 33 heavy (non-hydrogen) atoms. The summed E-state index contributed by atoms with van der Waals surface area (Å²) in [5, 5.41) is 9.81. The van der Waals surface area contributed by atoms with Crippen LogP contribution in [0, 0.1) is 11.3 Å². The van der Waals surface area contributed by atoms with Gasteiger partial charge in [0.15, 0.2) is 0 Å². The molecule has 2 aromatic carbocycles. The second-order valence-electron chi connectivity index (χ2n) is 6.96. The summed E-state index contributed by atoms with van der Waals surface area (Å²) in [6, 6.07) is 15.4. The highest BCUT2D eigenvalue weighted by atomic mass is 16.5. The first-order valence-electron chi connectivity index (χ1n) is 10.3. The van der Waals surface area contributed by atoms with Crippen molar-refractivity contribution in [1.29, 1.82) is 5.26 Å². The molecule has 0 saturated carbocycles. The molecule has 2 N–H and O–H groups in total. The molecule has 1 aliphatic heterocycles. The summed E-state index contributed by atoms with van der Waals surface area (Å²) in [5.41, 5.74) is 7.81. The van der Waals surface area contributed by atoms with Crippen LogP contribution in [0.25, 0.3) is 5.76 Å². The number of benzene rings is 2. The van der Waals surface area contributed by atoms with Gasteiger partial charge in [0.1, 0.15) is 23.2 Å². The van der Waals surface area contributed by atoms with Gasteiger partial charge in [-0.1, -0.05) is 24.3 Å². The predicted octanol–water partition coefficient (Wildman–Crippen LogP) is 3.65. The van der Waals surface area contributed by atoms with Crippen LogP contribution >= 0.6 is 0 Å². The number of hydrogen-bond acceptors (Lipinski definition) is 8. The number of rotatable bonds is 7. The fourth-order valence-electron chi connectivity index (χ4n) is 3.49. The van der Waals surface area contributed by atoms with Gasteiger partial charge in [0.25, 0.3) is 0 Å². The molecule has 0 aromatic heterocycles. The van der Waals surface area contributed by atoms with Crippen molar-refractivity contribution in [2.24, 2.45) is 5.73 Å². The maximum Gasteiger partial charge on any atom is 0.338 e. The van der Waals surface area contributed by atoms with E-state index in [-0.39, 0.29) is 36.0 Å². The molecule has 0 aliphatic carbocycles. The Hall–Kier alpha value is -4.25. The van der Waals surface area contributed by atoms with Crippen LogP contribution in [0.5, 0.6) is 5.75 Å². The Morgan fingerprint density at radius 1 is 1.00 bits per heavy atom. The highest BCUT2D eigenvalue weighted by Gasteiger charge is 2.38. The monoisotopic (exact) mass is 448 g/mol. The van der Waals surface area contributed by atoms with E-state index in [9.17, 15) is 14.9 Å². The lowest BCUT2D eigenvalue weighted by atomic mass is 9.82. The van der Waals surface area contributed by atoms with Crippen molar-refractivity contribution < 1.29 is 28.5 Å². The van der Waals surface area contributed by atoms with E-state index in [2.05, 4.69) is 6.07 Å². The Labute approximate surface area is 191 Å². The van der Waals surface area contributed by atoms with Crippen LogP contribution in [0.1, 0.15) is 41.3 Å². The maximum absolute atomic E-state index is 13.1. The Morgan fingerprint density at radius 3 is 2.15 bits per heavy atom. The van der Waals surface area contributed by atoms with Gasteiger partial charge in [-0.3, -0.25) is 0 Å². The van der Waals surface area contributed by atoms with Crippen LogP contribution in [0.2, 0.25) is 0 Å². The van der Waals surface area contributed by atoms with Gasteiger partial charge < -0.3 is 24.7 Å². The van der Waals surface area contributed by atoms with E-state index in [1.165, 1.54) is 0 Å². The molecule has 1 aliphatic rings. The minimum Gasteiger partial charge on any atom is -0.497 e. The molecule has 170 valence electrons. The number of nitrogens with two attached hydrogens (primary N) is 1. The van der Waals surface area contributed by atoms with Crippen molar-refractivity contribution in [2.45, 2.75) is 19.8 Å². The summed E-state index contributed by atoms with van der Waals surface area (Å²) in [6.45, 7) is 3.80. The maximum atomic E-state index is 13.1. The number of carbonyl (C=O) groups excluding carboxylic acids is 2. The third-order valence-corrected chi connectivity index (χ3v) is 5.02. The van der Waals surface area contributed by atoms with Crippen molar-refractivity contribution in [3.05, 3.63) is 82.3 Å². The van der Waals surface area contributed by atoms with Crippen LogP contribution in [0.4, 0.5) is 0 Å². The summed E-state index contributed by atoms with van der Waals surface area (Å²) >= 11 is 0. The minimum atomic E-state index is -0.812. The number of ether oxygens (including phenoxy) is 4. The molecule has 1 unspecified atom stereocenters. The Bertz CT molecular complexity index is 1140. The van der Waals surface area contributed by atoms with E-state index in [1.807, 2.05) is 0 Å².